The Morgan fingerprint density at radius 3 is 0.795 bits per heavy atom. The van der Waals surface area contributed by atoms with Gasteiger partial charge in [-0.05, 0) is 83.5 Å². The van der Waals surface area contributed by atoms with Crippen LogP contribution in [0, 0.1) is 0 Å². The maximum atomic E-state index is 12.9. The van der Waals surface area contributed by atoms with Crippen molar-refractivity contribution in [3.63, 3.8) is 0 Å². The highest BCUT2D eigenvalue weighted by molar-refractivity contribution is 5.71. The maximum absolute atomic E-state index is 12.9. The van der Waals surface area contributed by atoms with E-state index in [4.69, 9.17) is 14.2 Å². The van der Waals surface area contributed by atoms with Crippen molar-refractivity contribution >= 4 is 17.9 Å². The Balaban J connectivity index is 4.22. The molecule has 0 aromatic heterocycles. The molecule has 0 saturated carbocycles. The predicted molar refractivity (Wildman–Crippen MR) is 339 cm³/mol. The summed E-state index contributed by atoms with van der Waals surface area (Å²) in [5.74, 6) is -0.882. The second-order valence-corrected chi connectivity index (χ2v) is 23.1. The van der Waals surface area contributed by atoms with E-state index < -0.39 is 6.10 Å². The van der Waals surface area contributed by atoms with E-state index in [-0.39, 0.29) is 31.1 Å². The van der Waals surface area contributed by atoms with E-state index in [9.17, 15) is 14.4 Å². The molecular weight excluding hydrogens is 961 g/mol. The van der Waals surface area contributed by atoms with E-state index in [1.807, 2.05) is 0 Å². The van der Waals surface area contributed by atoms with Gasteiger partial charge in [0.15, 0.2) is 6.10 Å². The van der Waals surface area contributed by atoms with Crippen molar-refractivity contribution in [2.75, 3.05) is 13.2 Å². The van der Waals surface area contributed by atoms with Gasteiger partial charge in [-0.3, -0.25) is 14.4 Å². The van der Waals surface area contributed by atoms with Crippen LogP contribution in [0.1, 0.15) is 361 Å². The van der Waals surface area contributed by atoms with Crippen LogP contribution >= 0.6 is 0 Å². The first-order valence-electron chi connectivity index (χ1n) is 34.3. The molecule has 6 heteroatoms. The van der Waals surface area contributed by atoms with Gasteiger partial charge in [-0.2, -0.15) is 0 Å². The number of carbonyl (C=O) groups excluding carboxylic acids is 3. The van der Waals surface area contributed by atoms with Gasteiger partial charge in [-0.15, -0.1) is 0 Å². The van der Waals surface area contributed by atoms with Crippen LogP contribution in [0.3, 0.4) is 0 Å². The van der Waals surface area contributed by atoms with E-state index in [0.717, 1.165) is 96.3 Å². The molecule has 0 aliphatic carbocycles. The first kappa shape index (κ1) is 75.1. The van der Waals surface area contributed by atoms with Crippen LogP contribution in [0.4, 0.5) is 0 Å². The summed E-state index contributed by atoms with van der Waals surface area (Å²) >= 11 is 0. The third-order valence-electron chi connectivity index (χ3n) is 15.3. The third-order valence-corrected chi connectivity index (χ3v) is 15.3. The fourth-order valence-corrected chi connectivity index (χ4v) is 10.1. The molecule has 0 aliphatic heterocycles. The molecule has 0 spiro atoms. The molecule has 6 nitrogen and oxygen atoms in total. The number of esters is 3. The molecule has 1 atom stereocenters. The highest BCUT2D eigenvalue weighted by Crippen LogP contribution is 2.18. The van der Waals surface area contributed by atoms with E-state index in [1.165, 1.54) is 225 Å². The Hall–Kier alpha value is -2.89. The zero-order valence-corrected chi connectivity index (χ0v) is 52.2. The van der Waals surface area contributed by atoms with Gasteiger partial charge in [0.2, 0.25) is 0 Å². The smallest absolute Gasteiger partial charge is 0.306 e. The number of ether oxygens (including phenoxy) is 3. The average molecular weight is 1090 g/mol. The minimum atomic E-state index is -0.786. The summed E-state index contributed by atoms with van der Waals surface area (Å²) < 4.78 is 16.9. The number of unbranched alkanes of at least 4 members (excludes halogenated alkanes) is 42. The molecule has 0 N–H and O–H groups in total. The van der Waals surface area contributed by atoms with Gasteiger partial charge < -0.3 is 14.2 Å². The lowest BCUT2D eigenvalue weighted by atomic mass is 10.0. The molecule has 0 heterocycles. The second-order valence-electron chi connectivity index (χ2n) is 23.1. The minimum absolute atomic E-state index is 0.0800. The molecule has 0 amide bonds. The maximum Gasteiger partial charge on any atom is 0.306 e. The molecule has 0 aromatic rings. The SMILES string of the molecule is CC/C=C\C/C=C\C/C=C\C/C=C\CCCCCCC(=O)OC(COC(=O)CCCCCCCCCCCCCCCC)COC(=O)CCCCCCCCCCCCCCCCCCC/C=C\CCCCCCCCCC. The van der Waals surface area contributed by atoms with Crippen LogP contribution in [0.5, 0.6) is 0 Å². The van der Waals surface area contributed by atoms with Gasteiger partial charge in [0.05, 0.1) is 0 Å². The van der Waals surface area contributed by atoms with Crippen molar-refractivity contribution in [3.05, 3.63) is 60.8 Å². The largest absolute Gasteiger partial charge is 0.462 e. The number of hydrogen-bond donors (Lipinski definition) is 0. The average Bonchev–Trinajstić information content (AvgIpc) is 3.44. The molecule has 0 rings (SSSR count). The Labute approximate surface area is 485 Å². The lowest BCUT2D eigenvalue weighted by Gasteiger charge is -2.18. The highest BCUT2D eigenvalue weighted by Gasteiger charge is 2.19. The number of hydrogen-bond acceptors (Lipinski definition) is 6. The molecule has 0 bridgehead atoms. The summed E-state index contributed by atoms with van der Waals surface area (Å²) in [6.07, 6.45) is 85.4. The molecule has 0 aliphatic rings. The van der Waals surface area contributed by atoms with Gasteiger partial charge in [0.25, 0.3) is 0 Å². The van der Waals surface area contributed by atoms with E-state index in [2.05, 4.69) is 81.5 Å². The fraction of sp³-hybridized carbons (Fsp3) is 0.819. The highest BCUT2D eigenvalue weighted by atomic mass is 16.6. The van der Waals surface area contributed by atoms with Crippen molar-refractivity contribution in [2.45, 2.75) is 367 Å². The molecule has 0 radical (unpaired) electrons. The summed E-state index contributed by atoms with van der Waals surface area (Å²) in [4.78, 5) is 38.3. The lowest BCUT2D eigenvalue weighted by Crippen LogP contribution is -2.30. The van der Waals surface area contributed by atoms with E-state index in [0.29, 0.717) is 19.3 Å². The lowest BCUT2D eigenvalue weighted by molar-refractivity contribution is -0.167. The van der Waals surface area contributed by atoms with Crippen molar-refractivity contribution in [1.82, 2.24) is 0 Å². The Morgan fingerprint density at radius 1 is 0.269 bits per heavy atom. The Kier molecular flexibility index (Phi) is 64.2. The molecule has 454 valence electrons. The monoisotopic (exact) mass is 1090 g/mol. The van der Waals surface area contributed by atoms with Crippen molar-refractivity contribution < 1.29 is 28.6 Å². The Morgan fingerprint density at radius 2 is 0.500 bits per heavy atom. The first-order chi connectivity index (χ1) is 38.5. The third kappa shape index (κ3) is 63.9. The van der Waals surface area contributed by atoms with Gasteiger partial charge >= 0.3 is 17.9 Å². The standard InChI is InChI=1S/C72H130O6/c1-4-7-10-13-16-19-22-25-28-30-31-32-33-34-35-36-37-38-39-40-41-43-44-47-50-53-56-59-62-65-71(74)77-68-69(67-76-70(73)64-61-58-55-52-49-46-27-24-21-18-15-12-9-6-3)78-72(75)66-63-60-57-54-51-48-45-42-29-26-23-20-17-14-11-8-5-2/h8,11,17,20,26,29-31,45,48,69H,4-7,9-10,12-16,18-19,21-25,27-28,32-44,46-47,49-68H2,1-3H3/b11-8-,20-17-,29-26-,31-30-,48-45-. The zero-order chi connectivity index (χ0) is 56.4. The molecule has 78 heavy (non-hydrogen) atoms. The minimum Gasteiger partial charge on any atom is -0.462 e. The normalized spacial score (nSPS) is 12.4. The number of allylic oxidation sites excluding steroid dienone is 10. The van der Waals surface area contributed by atoms with Crippen LogP contribution in [-0.2, 0) is 28.6 Å². The molecule has 0 aromatic carbocycles. The second kappa shape index (κ2) is 66.6. The topological polar surface area (TPSA) is 78.9 Å². The molecule has 0 fully saturated rings. The Bertz CT molecular complexity index is 1390. The van der Waals surface area contributed by atoms with Gasteiger partial charge in [-0.1, -0.05) is 319 Å². The summed E-state index contributed by atoms with van der Waals surface area (Å²) in [5, 5.41) is 0. The summed E-state index contributed by atoms with van der Waals surface area (Å²) in [7, 11) is 0. The zero-order valence-electron chi connectivity index (χ0n) is 52.2. The van der Waals surface area contributed by atoms with Crippen LogP contribution in [0.25, 0.3) is 0 Å². The van der Waals surface area contributed by atoms with E-state index >= 15 is 0 Å². The van der Waals surface area contributed by atoms with Gasteiger partial charge in [0, 0.05) is 19.3 Å². The van der Waals surface area contributed by atoms with Crippen LogP contribution in [0.2, 0.25) is 0 Å². The molecule has 1 unspecified atom stereocenters. The summed E-state index contributed by atoms with van der Waals surface area (Å²) in [5.41, 5.74) is 0. The van der Waals surface area contributed by atoms with Crippen LogP contribution < -0.4 is 0 Å². The summed E-state index contributed by atoms with van der Waals surface area (Å²) in [6.45, 7) is 6.56. The fourth-order valence-electron chi connectivity index (χ4n) is 10.1. The summed E-state index contributed by atoms with van der Waals surface area (Å²) in [6, 6.07) is 0. The molecule has 0 saturated heterocycles. The van der Waals surface area contributed by atoms with Gasteiger partial charge in [0.1, 0.15) is 13.2 Å². The van der Waals surface area contributed by atoms with Crippen LogP contribution in [-0.4, -0.2) is 37.2 Å². The number of rotatable bonds is 63. The van der Waals surface area contributed by atoms with Crippen molar-refractivity contribution in [3.8, 4) is 0 Å². The number of carbonyl (C=O) groups is 3. The molecular formula is C72H130O6. The van der Waals surface area contributed by atoms with Crippen molar-refractivity contribution in [1.29, 1.82) is 0 Å². The quantitative estimate of drug-likeness (QED) is 0.0261. The van der Waals surface area contributed by atoms with Crippen LogP contribution in [0.15, 0.2) is 60.8 Å². The van der Waals surface area contributed by atoms with E-state index in [1.54, 1.807) is 0 Å². The van der Waals surface area contributed by atoms with Crippen molar-refractivity contribution in [2.24, 2.45) is 0 Å². The predicted octanol–water partition coefficient (Wildman–Crippen LogP) is 23.5. The first-order valence-corrected chi connectivity index (χ1v) is 34.3. The van der Waals surface area contributed by atoms with Gasteiger partial charge in [-0.25, -0.2) is 0 Å².